The van der Waals surface area contributed by atoms with Crippen LogP contribution in [0.4, 0.5) is 0 Å². The van der Waals surface area contributed by atoms with Crippen LogP contribution in [0.2, 0.25) is 0 Å². The van der Waals surface area contributed by atoms with Crippen LogP contribution in [0.1, 0.15) is 21.2 Å². The number of carbonyl (C=O) groups is 1. The first kappa shape index (κ1) is 14.1. The highest BCUT2D eigenvalue weighted by Gasteiger charge is 2.25. The monoisotopic (exact) mass is 319 g/mol. The van der Waals surface area contributed by atoms with Crippen molar-refractivity contribution in [3.05, 3.63) is 27.3 Å². The molecule has 2 rings (SSSR count). The average molecular weight is 319 g/mol. The van der Waals surface area contributed by atoms with E-state index in [1.165, 1.54) is 16.8 Å². The van der Waals surface area contributed by atoms with Crippen LogP contribution < -0.4 is 4.72 Å². The molecule has 0 fully saturated rings. The lowest BCUT2D eigenvalue weighted by atomic mass is 10.5. The average Bonchev–Trinajstić information content (AvgIpc) is 2.94. The van der Waals surface area contributed by atoms with E-state index in [9.17, 15) is 13.2 Å². The summed E-state index contributed by atoms with van der Waals surface area (Å²) in [4.78, 5) is 18.5. The molecule has 2 heterocycles. The summed E-state index contributed by atoms with van der Waals surface area (Å²) >= 11 is 2.10. The molecule has 0 atom stereocenters. The van der Waals surface area contributed by atoms with Crippen LogP contribution in [0.25, 0.3) is 0 Å². The maximum absolute atomic E-state index is 12.0. The fourth-order valence-electron chi connectivity index (χ4n) is 1.27. The molecule has 0 bridgehead atoms. The van der Waals surface area contributed by atoms with E-state index in [0.29, 0.717) is 5.01 Å². The smallest absolute Gasteiger partial charge is 0.356 e. The van der Waals surface area contributed by atoms with Gasteiger partial charge in [0.05, 0.1) is 12.1 Å². The van der Waals surface area contributed by atoms with Crippen molar-refractivity contribution in [2.24, 2.45) is 0 Å². The summed E-state index contributed by atoms with van der Waals surface area (Å²) in [5, 5.41) is 11.3. The third kappa shape index (κ3) is 3.15. The van der Waals surface area contributed by atoms with Crippen molar-refractivity contribution < 1.29 is 18.3 Å². The van der Waals surface area contributed by atoms with Gasteiger partial charge >= 0.3 is 5.97 Å². The zero-order valence-corrected chi connectivity index (χ0v) is 12.1. The molecule has 10 heteroatoms. The Morgan fingerprint density at radius 3 is 2.79 bits per heavy atom. The van der Waals surface area contributed by atoms with Gasteiger partial charge < -0.3 is 5.11 Å². The fourth-order valence-corrected chi connectivity index (χ4v) is 4.25. The molecule has 0 radical (unpaired) electrons. The molecule has 0 aliphatic heterocycles. The Morgan fingerprint density at radius 2 is 2.21 bits per heavy atom. The van der Waals surface area contributed by atoms with Crippen LogP contribution in [0, 0.1) is 6.92 Å². The van der Waals surface area contributed by atoms with Crippen LogP contribution >= 0.6 is 22.7 Å². The van der Waals surface area contributed by atoms with Crippen LogP contribution in [-0.2, 0) is 16.6 Å². The van der Waals surface area contributed by atoms with Crippen LogP contribution in [0.3, 0.4) is 0 Å². The zero-order chi connectivity index (χ0) is 14.0. The van der Waals surface area contributed by atoms with Gasteiger partial charge in [0.25, 0.3) is 10.0 Å². The maximum Gasteiger partial charge on any atom is 0.356 e. The summed E-state index contributed by atoms with van der Waals surface area (Å²) in [6.07, 6.45) is 0. The van der Waals surface area contributed by atoms with Gasteiger partial charge in [0.2, 0.25) is 0 Å². The molecule has 7 nitrogen and oxygen atoms in total. The molecule has 2 aromatic heterocycles. The predicted molar refractivity (Wildman–Crippen MR) is 69.9 cm³/mol. The molecule has 19 heavy (non-hydrogen) atoms. The number of aryl methyl sites for hydroxylation is 1. The SMILES string of the molecule is Cc1csc(CNS(=O)(=O)c2scnc2C(=O)O)n1. The van der Waals surface area contributed by atoms with Gasteiger partial charge in [-0.3, -0.25) is 0 Å². The third-order valence-electron chi connectivity index (χ3n) is 2.06. The summed E-state index contributed by atoms with van der Waals surface area (Å²) in [7, 11) is -3.89. The quantitative estimate of drug-likeness (QED) is 0.853. The maximum atomic E-state index is 12.0. The topological polar surface area (TPSA) is 109 Å². The van der Waals surface area contributed by atoms with Crippen molar-refractivity contribution in [1.82, 2.24) is 14.7 Å². The Balaban J connectivity index is 2.18. The summed E-state index contributed by atoms with van der Waals surface area (Å²) in [6, 6.07) is 0. The number of carboxylic acids is 1. The van der Waals surface area contributed by atoms with E-state index >= 15 is 0 Å². The molecule has 0 spiro atoms. The Morgan fingerprint density at radius 1 is 1.47 bits per heavy atom. The van der Waals surface area contributed by atoms with Gasteiger partial charge in [-0.25, -0.2) is 27.9 Å². The van der Waals surface area contributed by atoms with E-state index in [2.05, 4.69) is 14.7 Å². The normalized spacial score (nSPS) is 11.6. The summed E-state index contributed by atoms with van der Waals surface area (Å²) in [5.41, 5.74) is 1.53. The molecule has 2 N–H and O–H groups in total. The minimum absolute atomic E-state index is 0.0256. The molecule has 0 saturated heterocycles. The van der Waals surface area contributed by atoms with E-state index in [4.69, 9.17) is 5.11 Å². The van der Waals surface area contributed by atoms with Crippen LogP contribution in [0.5, 0.6) is 0 Å². The zero-order valence-electron chi connectivity index (χ0n) is 9.65. The second-order valence-corrected chi connectivity index (χ2v) is 7.26. The Bertz CT molecular complexity index is 704. The van der Waals surface area contributed by atoms with Gasteiger partial charge in [0.1, 0.15) is 5.01 Å². The van der Waals surface area contributed by atoms with E-state index in [1.807, 2.05) is 0 Å². The molecule has 0 aromatic carbocycles. The number of aromatic carboxylic acids is 1. The highest BCUT2D eigenvalue weighted by Crippen LogP contribution is 2.20. The third-order valence-corrected chi connectivity index (χ3v) is 5.80. The number of nitrogens with zero attached hydrogens (tertiary/aromatic N) is 2. The first-order chi connectivity index (χ1) is 8.90. The van der Waals surface area contributed by atoms with E-state index in [-0.39, 0.29) is 10.8 Å². The van der Waals surface area contributed by atoms with Crippen molar-refractivity contribution in [3.8, 4) is 0 Å². The summed E-state index contributed by atoms with van der Waals surface area (Å²) in [6.45, 7) is 1.83. The second kappa shape index (κ2) is 5.33. The molecule has 0 amide bonds. The van der Waals surface area contributed by atoms with Crippen molar-refractivity contribution in [1.29, 1.82) is 0 Å². The van der Waals surface area contributed by atoms with Gasteiger partial charge in [-0.2, -0.15) is 0 Å². The van der Waals surface area contributed by atoms with E-state index < -0.39 is 21.7 Å². The summed E-state index contributed by atoms with van der Waals surface area (Å²) in [5.74, 6) is -1.37. The number of hydrogen-bond donors (Lipinski definition) is 2. The van der Waals surface area contributed by atoms with Crippen LogP contribution in [-0.4, -0.2) is 29.5 Å². The Hall–Kier alpha value is -1.36. The van der Waals surface area contributed by atoms with E-state index in [0.717, 1.165) is 17.0 Å². The molecule has 0 aliphatic carbocycles. The fraction of sp³-hybridized carbons (Fsp3) is 0.222. The van der Waals surface area contributed by atoms with Gasteiger partial charge in [0, 0.05) is 11.1 Å². The van der Waals surface area contributed by atoms with E-state index in [1.54, 1.807) is 12.3 Å². The minimum atomic E-state index is -3.89. The molecule has 102 valence electrons. The standard InChI is InChI=1S/C9H9N3O4S3/c1-5-3-17-6(12-5)2-11-19(15,16)9-7(8(13)14)10-4-18-9/h3-4,11H,2H2,1H3,(H,13,14). The first-order valence-corrected chi connectivity index (χ1v) is 8.22. The number of aromatic nitrogens is 2. The number of carboxylic acid groups (broad SMARTS) is 1. The second-order valence-electron chi connectivity index (χ2n) is 3.50. The molecule has 0 unspecified atom stereocenters. The molecular weight excluding hydrogens is 310 g/mol. The van der Waals surface area contributed by atoms with Crippen molar-refractivity contribution in [2.45, 2.75) is 17.7 Å². The van der Waals surface area contributed by atoms with Gasteiger partial charge in [-0.15, -0.1) is 22.7 Å². The highest BCUT2D eigenvalue weighted by atomic mass is 32.2. The number of rotatable bonds is 5. The molecule has 0 saturated carbocycles. The minimum Gasteiger partial charge on any atom is -0.476 e. The lowest BCUT2D eigenvalue weighted by Crippen LogP contribution is -2.24. The van der Waals surface area contributed by atoms with Crippen molar-refractivity contribution in [2.75, 3.05) is 0 Å². The lowest BCUT2D eigenvalue weighted by Gasteiger charge is -2.03. The number of sulfonamides is 1. The number of thiazole rings is 2. The number of hydrogen-bond acceptors (Lipinski definition) is 7. The van der Waals surface area contributed by atoms with Crippen LogP contribution in [0.15, 0.2) is 15.1 Å². The first-order valence-electron chi connectivity index (χ1n) is 4.97. The highest BCUT2D eigenvalue weighted by molar-refractivity contribution is 7.91. The van der Waals surface area contributed by atoms with Gasteiger partial charge in [-0.05, 0) is 6.92 Å². The Labute approximate surface area is 117 Å². The Kier molecular flexibility index (Phi) is 3.94. The number of nitrogens with one attached hydrogen (secondary N) is 1. The summed E-state index contributed by atoms with van der Waals surface area (Å²) < 4.78 is 26.0. The molecular formula is C9H9N3O4S3. The molecule has 0 aliphatic rings. The lowest BCUT2D eigenvalue weighted by molar-refractivity contribution is 0.0687. The van der Waals surface area contributed by atoms with Crippen molar-refractivity contribution >= 4 is 38.7 Å². The molecule has 2 aromatic rings. The predicted octanol–water partition coefficient (Wildman–Crippen LogP) is 1.08. The van der Waals surface area contributed by atoms with Crippen molar-refractivity contribution in [3.63, 3.8) is 0 Å². The van der Waals surface area contributed by atoms with Gasteiger partial charge in [0.15, 0.2) is 9.90 Å². The largest absolute Gasteiger partial charge is 0.476 e. The van der Waals surface area contributed by atoms with Gasteiger partial charge in [-0.1, -0.05) is 0 Å².